The first-order chi connectivity index (χ1) is 9.59. The highest BCUT2D eigenvalue weighted by atomic mass is 16.5. The van der Waals surface area contributed by atoms with Gasteiger partial charge in [0.25, 0.3) is 0 Å². The van der Waals surface area contributed by atoms with Crippen molar-refractivity contribution < 1.29 is 4.74 Å². The Morgan fingerprint density at radius 1 is 1.20 bits per heavy atom. The predicted molar refractivity (Wildman–Crippen MR) is 85.7 cm³/mol. The number of fused-ring (bicyclic) bond motifs is 1. The minimum absolute atomic E-state index is 0.504. The zero-order valence-corrected chi connectivity index (χ0v) is 13.2. The largest absolute Gasteiger partial charge is 0.491 e. The van der Waals surface area contributed by atoms with E-state index in [2.05, 4.69) is 62.2 Å². The third-order valence-electron chi connectivity index (χ3n) is 4.14. The van der Waals surface area contributed by atoms with Crippen molar-refractivity contribution in [3.8, 4) is 5.75 Å². The molecular formula is C17H28N2O. The summed E-state index contributed by atoms with van der Waals surface area (Å²) in [5.74, 6) is 1.63. The number of benzene rings is 1. The number of hydrogen-bond donors (Lipinski definition) is 1. The lowest BCUT2D eigenvalue weighted by atomic mass is 10.0. The van der Waals surface area contributed by atoms with Crippen molar-refractivity contribution in [2.24, 2.45) is 5.92 Å². The first-order valence-electron chi connectivity index (χ1n) is 7.81. The van der Waals surface area contributed by atoms with E-state index < -0.39 is 0 Å². The highest BCUT2D eigenvalue weighted by Gasteiger charge is 2.24. The van der Waals surface area contributed by atoms with E-state index in [0.29, 0.717) is 18.0 Å². The van der Waals surface area contributed by atoms with Crippen LogP contribution in [0.15, 0.2) is 24.3 Å². The standard InChI is InChI=1S/C17H28N2O/c1-13(2)18-12-14(3)15(4)19-10-7-11-20-17-9-6-5-8-16(17)19/h5-6,8-9,13-15,18H,7,10-12H2,1-4H3. The van der Waals surface area contributed by atoms with E-state index in [9.17, 15) is 0 Å². The molecule has 112 valence electrons. The molecule has 20 heavy (non-hydrogen) atoms. The Labute approximate surface area is 123 Å². The second kappa shape index (κ2) is 6.98. The summed E-state index contributed by atoms with van der Waals surface area (Å²) >= 11 is 0. The fraction of sp³-hybridized carbons (Fsp3) is 0.647. The van der Waals surface area contributed by atoms with Gasteiger partial charge in [-0.1, -0.05) is 32.9 Å². The van der Waals surface area contributed by atoms with Crippen molar-refractivity contribution in [3.63, 3.8) is 0 Å². The maximum Gasteiger partial charge on any atom is 0.142 e. The van der Waals surface area contributed by atoms with Crippen molar-refractivity contribution in [3.05, 3.63) is 24.3 Å². The van der Waals surface area contributed by atoms with Gasteiger partial charge in [-0.05, 0) is 37.9 Å². The molecular weight excluding hydrogens is 248 g/mol. The van der Waals surface area contributed by atoms with Crippen molar-refractivity contribution in [1.82, 2.24) is 5.32 Å². The number of ether oxygens (including phenoxy) is 1. The lowest BCUT2D eigenvalue weighted by Crippen LogP contribution is -2.42. The molecule has 1 aliphatic rings. The maximum absolute atomic E-state index is 5.85. The van der Waals surface area contributed by atoms with Gasteiger partial charge in [-0.3, -0.25) is 0 Å². The van der Waals surface area contributed by atoms with Crippen LogP contribution in [0.3, 0.4) is 0 Å². The van der Waals surface area contributed by atoms with Crippen molar-refractivity contribution in [2.45, 2.75) is 46.2 Å². The van der Waals surface area contributed by atoms with E-state index in [4.69, 9.17) is 4.74 Å². The zero-order valence-electron chi connectivity index (χ0n) is 13.2. The number of rotatable bonds is 5. The second-order valence-electron chi connectivity index (χ2n) is 6.14. The molecule has 3 nitrogen and oxygen atoms in total. The molecule has 0 aliphatic carbocycles. The minimum Gasteiger partial charge on any atom is -0.491 e. The average Bonchev–Trinajstić information content (AvgIpc) is 2.66. The van der Waals surface area contributed by atoms with Gasteiger partial charge in [0.1, 0.15) is 5.75 Å². The average molecular weight is 276 g/mol. The molecule has 1 heterocycles. The molecule has 0 saturated heterocycles. The van der Waals surface area contributed by atoms with Crippen LogP contribution in [0.25, 0.3) is 0 Å². The van der Waals surface area contributed by atoms with Gasteiger partial charge < -0.3 is 15.0 Å². The van der Waals surface area contributed by atoms with Crippen LogP contribution in [-0.4, -0.2) is 31.8 Å². The SMILES string of the molecule is CC(C)NCC(C)C(C)N1CCCOc2ccccc21. The van der Waals surface area contributed by atoms with Crippen LogP contribution in [0.5, 0.6) is 5.75 Å². The molecule has 2 atom stereocenters. The van der Waals surface area contributed by atoms with E-state index in [1.807, 2.05) is 0 Å². The van der Waals surface area contributed by atoms with Gasteiger partial charge in [0, 0.05) is 18.6 Å². The first-order valence-corrected chi connectivity index (χ1v) is 7.81. The van der Waals surface area contributed by atoms with Gasteiger partial charge in [-0.25, -0.2) is 0 Å². The molecule has 1 aromatic rings. The molecule has 0 radical (unpaired) electrons. The smallest absolute Gasteiger partial charge is 0.142 e. The molecule has 1 aromatic carbocycles. The Hall–Kier alpha value is -1.22. The summed E-state index contributed by atoms with van der Waals surface area (Å²) in [5, 5.41) is 3.55. The van der Waals surface area contributed by atoms with Gasteiger partial charge in [0.15, 0.2) is 0 Å². The van der Waals surface area contributed by atoms with Gasteiger partial charge in [-0.2, -0.15) is 0 Å². The summed E-state index contributed by atoms with van der Waals surface area (Å²) in [7, 11) is 0. The molecule has 0 fully saturated rings. The van der Waals surface area contributed by atoms with E-state index in [0.717, 1.165) is 31.9 Å². The Kier molecular flexibility index (Phi) is 5.30. The van der Waals surface area contributed by atoms with Gasteiger partial charge in [0.05, 0.1) is 12.3 Å². The molecule has 0 saturated carbocycles. The molecule has 0 bridgehead atoms. The lowest BCUT2D eigenvalue weighted by Gasteiger charge is -2.35. The Morgan fingerprint density at radius 2 is 1.95 bits per heavy atom. The minimum atomic E-state index is 0.504. The molecule has 0 spiro atoms. The number of nitrogens with zero attached hydrogens (tertiary/aromatic N) is 1. The molecule has 0 aromatic heterocycles. The monoisotopic (exact) mass is 276 g/mol. The third kappa shape index (κ3) is 3.66. The second-order valence-corrected chi connectivity index (χ2v) is 6.14. The highest BCUT2D eigenvalue weighted by Crippen LogP contribution is 2.33. The molecule has 1 aliphatic heterocycles. The third-order valence-corrected chi connectivity index (χ3v) is 4.14. The fourth-order valence-electron chi connectivity index (χ4n) is 2.68. The number of anilines is 1. The summed E-state index contributed by atoms with van der Waals surface area (Å²) in [5.41, 5.74) is 1.24. The topological polar surface area (TPSA) is 24.5 Å². The molecule has 2 rings (SSSR count). The van der Waals surface area contributed by atoms with Gasteiger partial charge in [0.2, 0.25) is 0 Å². The number of para-hydroxylation sites is 2. The molecule has 2 unspecified atom stereocenters. The lowest BCUT2D eigenvalue weighted by molar-refractivity contribution is 0.321. The van der Waals surface area contributed by atoms with E-state index in [1.54, 1.807) is 0 Å². The summed E-state index contributed by atoms with van der Waals surface area (Å²) in [6, 6.07) is 9.46. The predicted octanol–water partition coefficient (Wildman–Crippen LogP) is 3.30. The summed E-state index contributed by atoms with van der Waals surface area (Å²) in [6.07, 6.45) is 1.09. The van der Waals surface area contributed by atoms with Crippen LogP contribution in [0.4, 0.5) is 5.69 Å². The summed E-state index contributed by atoms with van der Waals surface area (Å²) in [4.78, 5) is 2.51. The Morgan fingerprint density at radius 3 is 2.70 bits per heavy atom. The van der Waals surface area contributed by atoms with Crippen LogP contribution < -0.4 is 15.0 Å². The highest BCUT2D eigenvalue weighted by molar-refractivity contribution is 5.59. The maximum atomic E-state index is 5.85. The van der Waals surface area contributed by atoms with E-state index in [1.165, 1.54) is 5.69 Å². The molecule has 3 heteroatoms. The van der Waals surface area contributed by atoms with Crippen LogP contribution in [0.1, 0.15) is 34.1 Å². The van der Waals surface area contributed by atoms with Gasteiger partial charge in [-0.15, -0.1) is 0 Å². The van der Waals surface area contributed by atoms with Crippen LogP contribution in [-0.2, 0) is 0 Å². The normalized spacial score (nSPS) is 18.1. The van der Waals surface area contributed by atoms with Crippen molar-refractivity contribution in [2.75, 3.05) is 24.6 Å². The molecule has 1 N–H and O–H groups in total. The summed E-state index contributed by atoms with van der Waals surface area (Å²) < 4.78 is 5.85. The number of hydrogen-bond acceptors (Lipinski definition) is 3. The van der Waals surface area contributed by atoms with E-state index in [-0.39, 0.29) is 0 Å². The van der Waals surface area contributed by atoms with Crippen LogP contribution in [0.2, 0.25) is 0 Å². The quantitative estimate of drug-likeness (QED) is 0.893. The first kappa shape index (κ1) is 15.2. The fourth-order valence-corrected chi connectivity index (χ4v) is 2.68. The Balaban J connectivity index is 2.10. The van der Waals surface area contributed by atoms with E-state index >= 15 is 0 Å². The van der Waals surface area contributed by atoms with Crippen LogP contribution >= 0.6 is 0 Å². The Bertz CT molecular complexity index is 419. The molecule has 0 amide bonds. The van der Waals surface area contributed by atoms with Crippen molar-refractivity contribution in [1.29, 1.82) is 0 Å². The van der Waals surface area contributed by atoms with Crippen LogP contribution in [0, 0.1) is 5.92 Å². The summed E-state index contributed by atoms with van der Waals surface area (Å²) in [6.45, 7) is 12.0. The number of nitrogens with one attached hydrogen (secondary N) is 1. The van der Waals surface area contributed by atoms with Gasteiger partial charge >= 0.3 is 0 Å². The van der Waals surface area contributed by atoms with Crippen molar-refractivity contribution >= 4 is 5.69 Å². The zero-order chi connectivity index (χ0) is 14.5.